The number of nitrogens with zero attached hydrogens (tertiary/aromatic N) is 3. The second-order valence-electron chi connectivity index (χ2n) is 6.18. The quantitative estimate of drug-likeness (QED) is 0.806. The molecule has 1 spiro atoms. The highest BCUT2D eigenvalue weighted by Crippen LogP contribution is 2.39. The minimum absolute atomic E-state index is 0.0852. The van der Waals surface area contributed by atoms with Gasteiger partial charge in [-0.25, -0.2) is 0 Å². The van der Waals surface area contributed by atoms with Crippen molar-refractivity contribution >= 4 is 5.91 Å². The van der Waals surface area contributed by atoms with E-state index in [1.807, 2.05) is 11.9 Å². The van der Waals surface area contributed by atoms with Crippen molar-refractivity contribution in [1.29, 1.82) is 0 Å². The van der Waals surface area contributed by atoms with Crippen LogP contribution in [0.5, 0.6) is 0 Å². The third-order valence-electron chi connectivity index (χ3n) is 4.82. The van der Waals surface area contributed by atoms with Crippen molar-refractivity contribution in [3.8, 4) is 0 Å². The van der Waals surface area contributed by atoms with E-state index in [0.717, 1.165) is 45.4 Å². The molecule has 2 fully saturated rings. The summed E-state index contributed by atoms with van der Waals surface area (Å²) in [7, 11) is 4.02. The highest BCUT2D eigenvalue weighted by molar-refractivity contribution is 5.85. The van der Waals surface area contributed by atoms with Crippen molar-refractivity contribution in [3.63, 3.8) is 0 Å². The summed E-state index contributed by atoms with van der Waals surface area (Å²) in [6, 6.07) is 4.26. The minimum atomic E-state index is -0.0852. The standard InChI is InChI=1S/C15H23N3O/c1-16-8-3-5-13(16)11-18-9-4-6-15(12-18)7-10-17(2)14(15)19/h3,5,8H,4,6-7,9-12H2,1-2H3. The summed E-state index contributed by atoms with van der Waals surface area (Å²) < 4.78 is 2.17. The van der Waals surface area contributed by atoms with Gasteiger partial charge in [0.25, 0.3) is 0 Å². The van der Waals surface area contributed by atoms with E-state index in [2.05, 4.69) is 34.8 Å². The first-order valence-electron chi connectivity index (χ1n) is 7.19. The lowest BCUT2D eigenvalue weighted by atomic mass is 9.78. The Morgan fingerprint density at radius 3 is 2.74 bits per heavy atom. The van der Waals surface area contributed by atoms with Crippen molar-refractivity contribution in [1.82, 2.24) is 14.4 Å². The second-order valence-corrected chi connectivity index (χ2v) is 6.18. The summed E-state index contributed by atoms with van der Waals surface area (Å²) in [5.41, 5.74) is 1.24. The molecule has 1 aromatic heterocycles. The Morgan fingerprint density at radius 2 is 2.11 bits per heavy atom. The lowest BCUT2D eigenvalue weighted by molar-refractivity contribution is -0.137. The molecule has 2 aliphatic rings. The van der Waals surface area contributed by atoms with Gasteiger partial charge in [-0.3, -0.25) is 9.69 Å². The van der Waals surface area contributed by atoms with E-state index >= 15 is 0 Å². The van der Waals surface area contributed by atoms with E-state index in [1.165, 1.54) is 5.69 Å². The van der Waals surface area contributed by atoms with Gasteiger partial charge in [0.15, 0.2) is 0 Å². The Morgan fingerprint density at radius 1 is 1.26 bits per heavy atom. The van der Waals surface area contributed by atoms with Gasteiger partial charge >= 0.3 is 0 Å². The summed E-state index contributed by atoms with van der Waals surface area (Å²) in [4.78, 5) is 16.8. The number of hydrogen-bond donors (Lipinski definition) is 0. The van der Waals surface area contributed by atoms with Crippen LogP contribution in [-0.4, -0.2) is 47.0 Å². The molecule has 1 unspecified atom stereocenters. The predicted molar refractivity (Wildman–Crippen MR) is 74.6 cm³/mol. The number of carbonyl (C=O) groups is 1. The predicted octanol–water partition coefficient (Wildman–Crippen LogP) is 1.47. The summed E-state index contributed by atoms with van der Waals surface area (Å²) in [5, 5.41) is 0. The van der Waals surface area contributed by atoms with Gasteiger partial charge in [0.05, 0.1) is 5.41 Å². The van der Waals surface area contributed by atoms with Gasteiger partial charge < -0.3 is 9.47 Å². The third-order valence-corrected chi connectivity index (χ3v) is 4.82. The normalized spacial score (nSPS) is 28.5. The summed E-state index contributed by atoms with van der Waals surface area (Å²) in [6.45, 7) is 3.93. The largest absolute Gasteiger partial charge is 0.353 e. The molecule has 3 heterocycles. The molecule has 0 bridgehead atoms. The number of amides is 1. The SMILES string of the molecule is CN1CCC2(CCCN(Cc3cccn3C)C2)C1=O. The topological polar surface area (TPSA) is 28.5 Å². The van der Waals surface area contributed by atoms with Crippen molar-refractivity contribution < 1.29 is 4.79 Å². The number of piperidine rings is 1. The molecule has 1 aromatic rings. The Hall–Kier alpha value is -1.29. The molecule has 2 aliphatic heterocycles. The van der Waals surface area contributed by atoms with E-state index in [9.17, 15) is 4.79 Å². The first-order chi connectivity index (χ1) is 9.11. The fourth-order valence-corrected chi connectivity index (χ4v) is 3.63. The van der Waals surface area contributed by atoms with Gasteiger partial charge in [-0.2, -0.15) is 0 Å². The molecule has 1 atom stereocenters. The number of aromatic nitrogens is 1. The van der Waals surface area contributed by atoms with E-state index in [0.29, 0.717) is 5.91 Å². The molecule has 0 aliphatic carbocycles. The fraction of sp³-hybridized carbons (Fsp3) is 0.667. The first-order valence-corrected chi connectivity index (χ1v) is 7.19. The number of hydrogen-bond acceptors (Lipinski definition) is 2. The van der Waals surface area contributed by atoms with Gasteiger partial charge in [-0.05, 0) is 37.9 Å². The molecule has 4 nitrogen and oxygen atoms in total. The summed E-state index contributed by atoms with van der Waals surface area (Å²) in [5.74, 6) is 0.365. The lowest BCUT2D eigenvalue weighted by Gasteiger charge is -2.38. The minimum Gasteiger partial charge on any atom is -0.353 e. The molecule has 19 heavy (non-hydrogen) atoms. The molecule has 2 saturated heterocycles. The molecule has 4 heteroatoms. The van der Waals surface area contributed by atoms with E-state index in [1.54, 1.807) is 0 Å². The number of rotatable bonds is 2. The summed E-state index contributed by atoms with van der Waals surface area (Å²) >= 11 is 0. The smallest absolute Gasteiger partial charge is 0.229 e. The van der Waals surface area contributed by atoms with Crippen LogP contribution in [0, 0.1) is 5.41 Å². The Balaban J connectivity index is 1.72. The van der Waals surface area contributed by atoms with Crippen LogP contribution in [0.3, 0.4) is 0 Å². The van der Waals surface area contributed by atoms with Crippen molar-refractivity contribution in [2.75, 3.05) is 26.7 Å². The van der Waals surface area contributed by atoms with Crippen molar-refractivity contribution in [3.05, 3.63) is 24.0 Å². The molecule has 0 aromatic carbocycles. The Bertz CT molecular complexity index is 477. The van der Waals surface area contributed by atoms with Crippen LogP contribution in [0.1, 0.15) is 25.0 Å². The van der Waals surface area contributed by atoms with E-state index < -0.39 is 0 Å². The van der Waals surface area contributed by atoms with Gasteiger partial charge in [0.2, 0.25) is 5.91 Å². The molecular formula is C15H23N3O. The van der Waals surface area contributed by atoms with Crippen LogP contribution in [0.25, 0.3) is 0 Å². The Kier molecular flexibility index (Phi) is 3.13. The van der Waals surface area contributed by atoms with Crippen LogP contribution in [0.15, 0.2) is 18.3 Å². The zero-order chi connectivity index (χ0) is 13.5. The molecule has 0 radical (unpaired) electrons. The highest BCUT2D eigenvalue weighted by atomic mass is 16.2. The molecular weight excluding hydrogens is 238 g/mol. The average molecular weight is 261 g/mol. The van der Waals surface area contributed by atoms with Crippen LogP contribution < -0.4 is 0 Å². The molecule has 3 rings (SSSR count). The Labute approximate surface area is 115 Å². The fourth-order valence-electron chi connectivity index (χ4n) is 3.63. The van der Waals surface area contributed by atoms with Crippen LogP contribution in [-0.2, 0) is 18.4 Å². The van der Waals surface area contributed by atoms with Gasteiger partial charge in [-0.15, -0.1) is 0 Å². The maximum absolute atomic E-state index is 12.4. The van der Waals surface area contributed by atoms with Crippen LogP contribution in [0.2, 0.25) is 0 Å². The van der Waals surface area contributed by atoms with Gasteiger partial charge in [0, 0.05) is 45.6 Å². The van der Waals surface area contributed by atoms with Gasteiger partial charge in [-0.1, -0.05) is 0 Å². The van der Waals surface area contributed by atoms with Crippen LogP contribution >= 0.6 is 0 Å². The first kappa shape index (κ1) is 12.7. The van der Waals surface area contributed by atoms with E-state index in [-0.39, 0.29) is 5.41 Å². The van der Waals surface area contributed by atoms with Crippen LogP contribution in [0.4, 0.5) is 0 Å². The molecule has 104 valence electrons. The maximum Gasteiger partial charge on any atom is 0.229 e. The monoisotopic (exact) mass is 261 g/mol. The van der Waals surface area contributed by atoms with E-state index in [4.69, 9.17) is 0 Å². The highest BCUT2D eigenvalue weighted by Gasteiger charge is 2.47. The van der Waals surface area contributed by atoms with Crippen molar-refractivity contribution in [2.24, 2.45) is 12.5 Å². The van der Waals surface area contributed by atoms with Gasteiger partial charge in [0.1, 0.15) is 0 Å². The maximum atomic E-state index is 12.4. The average Bonchev–Trinajstić information content (AvgIpc) is 2.91. The lowest BCUT2D eigenvalue weighted by Crippen LogP contribution is -2.47. The number of carbonyl (C=O) groups excluding carboxylic acids is 1. The second kappa shape index (κ2) is 4.67. The third kappa shape index (κ3) is 2.18. The molecule has 1 amide bonds. The summed E-state index contributed by atoms with van der Waals surface area (Å²) in [6.07, 6.45) is 5.33. The van der Waals surface area contributed by atoms with Crippen molar-refractivity contribution in [2.45, 2.75) is 25.8 Å². The number of likely N-dealkylation sites (tertiary alicyclic amines) is 2. The number of aryl methyl sites for hydroxylation is 1. The molecule has 0 N–H and O–H groups in total. The zero-order valence-corrected chi connectivity index (χ0v) is 11.9. The molecule has 0 saturated carbocycles. The zero-order valence-electron chi connectivity index (χ0n) is 11.9.